The molecular formula is C12H12NOS. The Morgan fingerprint density at radius 1 is 1.27 bits per heavy atom. The fraction of sp³-hybridized carbons (Fsp3) is 0.167. The highest BCUT2D eigenvalue weighted by atomic mass is 32.1. The Labute approximate surface area is 93.6 Å². The number of aromatic nitrogens is 1. The van der Waals surface area contributed by atoms with Gasteiger partial charge in [0.05, 0.1) is 5.69 Å². The molecule has 0 amide bonds. The van der Waals surface area contributed by atoms with E-state index in [4.69, 9.17) is 4.74 Å². The number of benzene rings is 1. The molecule has 0 bridgehead atoms. The number of aryl methyl sites for hydroxylation is 1. The van der Waals surface area contributed by atoms with Gasteiger partial charge in [0.15, 0.2) is 0 Å². The molecular weight excluding hydrogens is 206 g/mol. The van der Waals surface area contributed by atoms with Gasteiger partial charge >= 0.3 is 0 Å². The molecule has 0 saturated heterocycles. The van der Waals surface area contributed by atoms with E-state index < -0.39 is 0 Å². The van der Waals surface area contributed by atoms with Crippen LogP contribution in [0, 0.1) is 13.5 Å². The van der Waals surface area contributed by atoms with Gasteiger partial charge in [0, 0.05) is 18.1 Å². The predicted molar refractivity (Wildman–Crippen MR) is 62.7 cm³/mol. The number of hydrogen-bond donors (Lipinski definition) is 0. The smallest absolute Gasteiger partial charge is 0.132 e. The van der Waals surface area contributed by atoms with Crippen LogP contribution in [0.15, 0.2) is 29.6 Å². The molecule has 15 heavy (non-hydrogen) atoms. The molecule has 0 aliphatic rings. The third kappa shape index (κ3) is 2.43. The van der Waals surface area contributed by atoms with Gasteiger partial charge < -0.3 is 4.74 Å². The number of hydrogen-bond acceptors (Lipinski definition) is 3. The molecule has 0 fully saturated rings. The van der Waals surface area contributed by atoms with Crippen LogP contribution in [0.25, 0.3) is 10.6 Å². The molecule has 0 spiro atoms. The van der Waals surface area contributed by atoms with Crippen LogP contribution in [0.5, 0.6) is 0 Å². The SMILES string of the molecule is CO[CH]c1csc(-c2ccc(C)cc2)n1. The van der Waals surface area contributed by atoms with Crippen LogP contribution in [0.1, 0.15) is 11.3 Å². The summed E-state index contributed by atoms with van der Waals surface area (Å²) >= 11 is 1.63. The molecule has 3 heteroatoms. The van der Waals surface area contributed by atoms with Crippen molar-refractivity contribution in [1.29, 1.82) is 0 Å². The third-order valence-electron chi connectivity index (χ3n) is 2.06. The third-order valence-corrected chi connectivity index (χ3v) is 2.97. The van der Waals surface area contributed by atoms with Crippen molar-refractivity contribution in [2.24, 2.45) is 0 Å². The second-order valence-electron chi connectivity index (χ2n) is 3.30. The minimum absolute atomic E-state index is 0.873. The lowest BCUT2D eigenvalue weighted by Gasteiger charge is -1.96. The van der Waals surface area contributed by atoms with E-state index >= 15 is 0 Å². The summed E-state index contributed by atoms with van der Waals surface area (Å²) in [6.45, 7) is 3.73. The molecule has 1 aromatic carbocycles. The van der Waals surface area contributed by atoms with Crippen LogP contribution in [-0.2, 0) is 4.74 Å². The lowest BCUT2D eigenvalue weighted by Crippen LogP contribution is -1.84. The van der Waals surface area contributed by atoms with Gasteiger partial charge in [-0.05, 0) is 6.92 Å². The minimum atomic E-state index is 0.873. The lowest BCUT2D eigenvalue weighted by atomic mass is 10.2. The van der Waals surface area contributed by atoms with Crippen LogP contribution >= 0.6 is 11.3 Å². The predicted octanol–water partition coefficient (Wildman–Crippen LogP) is 3.27. The van der Waals surface area contributed by atoms with Gasteiger partial charge in [0.1, 0.15) is 11.6 Å². The molecule has 0 aliphatic heterocycles. The highest BCUT2D eigenvalue weighted by Gasteiger charge is 2.04. The number of methoxy groups -OCH3 is 1. The molecule has 0 saturated carbocycles. The summed E-state index contributed by atoms with van der Waals surface area (Å²) in [5.41, 5.74) is 3.29. The molecule has 1 aromatic heterocycles. The van der Waals surface area contributed by atoms with E-state index in [1.54, 1.807) is 25.1 Å². The van der Waals surface area contributed by atoms with Crippen molar-refractivity contribution in [3.05, 3.63) is 47.5 Å². The van der Waals surface area contributed by atoms with Gasteiger partial charge in [0.2, 0.25) is 0 Å². The quantitative estimate of drug-likeness (QED) is 0.788. The van der Waals surface area contributed by atoms with E-state index in [0.717, 1.165) is 16.3 Å². The molecule has 77 valence electrons. The maximum absolute atomic E-state index is 4.92. The first kappa shape index (κ1) is 10.3. The van der Waals surface area contributed by atoms with Crippen molar-refractivity contribution >= 4 is 11.3 Å². The van der Waals surface area contributed by atoms with E-state index in [2.05, 4.69) is 36.2 Å². The van der Waals surface area contributed by atoms with Gasteiger partial charge in [-0.2, -0.15) is 0 Å². The second-order valence-corrected chi connectivity index (χ2v) is 4.16. The summed E-state index contributed by atoms with van der Waals surface area (Å²) in [4.78, 5) is 4.44. The Hall–Kier alpha value is -1.19. The van der Waals surface area contributed by atoms with E-state index in [9.17, 15) is 0 Å². The zero-order chi connectivity index (χ0) is 10.7. The minimum Gasteiger partial charge on any atom is -0.372 e. The first-order chi connectivity index (χ1) is 7.29. The second kappa shape index (κ2) is 4.55. The van der Waals surface area contributed by atoms with Gasteiger partial charge in [0.25, 0.3) is 0 Å². The highest BCUT2D eigenvalue weighted by molar-refractivity contribution is 7.13. The molecule has 2 nitrogen and oxygen atoms in total. The van der Waals surface area contributed by atoms with E-state index in [0.29, 0.717) is 0 Å². The molecule has 0 N–H and O–H groups in total. The highest BCUT2D eigenvalue weighted by Crippen LogP contribution is 2.24. The van der Waals surface area contributed by atoms with Crippen molar-refractivity contribution in [2.75, 3.05) is 7.11 Å². The van der Waals surface area contributed by atoms with Crippen LogP contribution in [-0.4, -0.2) is 12.1 Å². The Balaban J connectivity index is 2.25. The molecule has 2 rings (SSSR count). The van der Waals surface area contributed by atoms with E-state index in [1.807, 2.05) is 5.38 Å². The number of rotatable bonds is 3. The molecule has 0 aliphatic carbocycles. The standard InChI is InChI=1S/C12H12NOS/c1-9-3-5-10(6-4-9)12-13-11(7-14-2)8-15-12/h3-8H,1-2H3. The monoisotopic (exact) mass is 218 g/mol. The summed E-state index contributed by atoms with van der Waals surface area (Å²) in [5.74, 6) is 0. The van der Waals surface area contributed by atoms with Crippen LogP contribution in [0.2, 0.25) is 0 Å². The summed E-state index contributed by atoms with van der Waals surface area (Å²) in [5, 5.41) is 3.01. The fourth-order valence-electron chi connectivity index (χ4n) is 1.29. The Morgan fingerprint density at radius 2 is 2.00 bits per heavy atom. The normalized spacial score (nSPS) is 10.5. The average Bonchev–Trinajstić information content (AvgIpc) is 2.68. The first-order valence-corrected chi connectivity index (χ1v) is 5.56. The van der Waals surface area contributed by atoms with Gasteiger partial charge in [-0.25, -0.2) is 4.98 Å². The van der Waals surface area contributed by atoms with Crippen molar-refractivity contribution in [3.8, 4) is 10.6 Å². The molecule has 1 heterocycles. The summed E-state index contributed by atoms with van der Waals surface area (Å²) < 4.78 is 4.92. The van der Waals surface area contributed by atoms with Gasteiger partial charge in [-0.15, -0.1) is 11.3 Å². The van der Waals surface area contributed by atoms with Gasteiger partial charge in [-0.1, -0.05) is 29.8 Å². The molecule has 1 radical (unpaired) electrons. The largest absolute Gasteiger partial charge is 0.372 e. The Morgan fingerprint density at radius 3 is 2.67 bits per heavy atom. The fourth-order valence-corrected chi connectivity index (χ4v) is 2.06. The molecule has 0 unspecified atom stereocenters. The lowest BCUT2D eigenvalue weighted by molar-refractivity contribution is 0.290. The molecule has 2 aromatic rings. The van der Waals surface area contributed by atoms with Crippen LogP contribution < -0.4 is 0 Å². The average molecular weight is 218 g/mol. The van der Waals surface area contributed by atoms with E-state index in [1.165, 1.54) is 5.56 Å². The summed E-state index contributed by atoms with van der Waals surface area (Å²) in [6.07, 6.45) is 0. The maximum atomic E-state index is 4.92. The Kier molecular flexibility index (Phi) is 3.14. The molecule has 0 atom stereocenters. The number of nitrogens with zero attached hydrogens (tertiary/aromatic N) is 1. The zero-order valence-corrected chi connectivity index (χ0v) is 9.54. The Bertz CT molecular complexity index is 433. The topological polar surface area (TPSA) is 22.1 Å². The van der Waals surface area contributed by atoms with Gasteiger partial charge in [-0.3, -0.25) is 0 Å². The van der Waals surface area contributed by atoms with Crippen molar-refractivity contribution in [1.82, 2.24) is 4.98 Å². The van der Waals surface area contributed by atoms with E-state index in [-0.39, 0.29) is 0 Å². The summed E-state index contributed by atoms with van der Waals surface area (Å²) in [6, 6.07) is 8.36. The first-order valence-electron chi connectivity index (χ1n) is 4.68. The van der Waals surface area contributed by atoms with Crippen LogP contribution in [0.4, 0.5) is 0 Å². The van der Waals surface area contributed by atoms with Crippen molar-refractivity contribution < 1.29 is 4.74 Å². The maximum Gasteiger partial charge on any atom is 0.132 e. The summed E-state index contributed by atoms with van der Waals surface area (Å²) in [7, 11) is 1.63. The number of ether oxygens (including phenoxy) is 1. The van der Waals surface area contributed by atoms with Crippen LogP contribution in [0.3, 0.4) is 0 Å². The van der Waals surface area contributed by atoms with Crippen molar-refractivity contribution in [2.45, 2.75) is 6.92 Å². The number of thiazole rings is 1. The zero-order valence-electron chi connectivity index (χ0n) is 8.73. The van der Waals surface area contributed by atoms with Crippen molar-refractivity contribution in [3.63, 3.8) is 0 Å².